The lowest BCUT2D eigenvalue weighted by Gasteiger charge is -2.38. The van der Waals surface area contributed by atoms with Crippen LogP contribution in [0.5, 0.6) is 5.75 Å². The van der Waals surface area contributed by atoms with Gasteiger partial charge in [-0.25, -0.2) is 0 Å². The van der Waals surface area contributed by atoms with Gasteiger partial charge in [-0.3, -0.25) is 24.3 Å². The van der Waals surface area contributed by atoms with Crippen LogP contribution in [0.3, 0.4) is 0 Å². The molecule has 9 heteroatoms. The molecule has 0 spiro atoms. The summed E-state index contributed by atoms with van der Waals surface area (Å²) in [4.78, 5) is 49.6. The van der Waals surface area contributed by atoms with Crippen molar-refractivity contribution in [2.75, 3.05) is 39.3 Å². The zero-order chi connectivity index (χ0) is 23.4. The Balaban J connectivity index is 1.38. The van der Waals surface area contributed by atoms with Crippen LogP contribution >= 0.6 is 0 Å². The second-order valence-electron chi connectivity index (χ2n) is 9.24. The Hall–Kier alpha value is -2.68. The number of carbonyl (C=O) groups is 3. The van der Waals surface area contributed by atoms with E-state index in [-0.39, 0.29) is 24.2 Å². The van der Waals surface area contributed by atoms with E-state index in [2.05, 4.69) is 9.88 Å². The molecule has 33 heavy (non-hydrogen) atoms. The lowest BCUT2D eigenvalue weighted by Crippen LogP contribution is -2.56. The number of rotatable bonds is 6. The summed E-state index contributed by atoms with van der Waals surface area (Å²) in [5.74, 6) is -0.507. The van der Waals surface area contributed by atoms with E-state index in [0.29, 0.717) is 64.2 Å². The Morgan fingerprint density at radius 1 is 1.12 bits per heavy atom. The largest absolute Gasteiger partial charge is 0.506 e. The molecule has 3 fully saturated rings. The molecule has 180 valence electrons. The molecule has 2 amide bonds. The highest BCUT2D eigenvalue weighted by molar-refractivity contribution is 6.04. The van der Waals surface area contributed by atoms with Gasteiger partial charge >= 0.3 is 5.97 Å². The number of aromatic hydroxyl groups is 1. The molecule has 1 saturated carbocycles. The van der Waals surface area contributed by atoms with Crippen LogP contribution in [-0.2, 0) is 25.7 Å². The van der Waals surface area contributed by atoms with E-state index in [9.17, 15) is 19.5 Å². The van der Waals surface area contributed by atoms with Gasteiger partial charge in [0.25, 0.3) is 0 Å². The Bertz CT molecular complexity index is 877. The lowest BCUT2D eigenvalue weighted by atomic mass is 9.84. The molecule has 3 aliphatic rings. The fourth-order valence-corrected chi connectivity index (χ4v) is 5.39. The molecule has 0 bridgehead atoms. The maximum atomic E-state index is 13.6. The summed E-state index contributed by atoms with van der Waals surface area (Å²) in [6, 6.07) is 2.82. The van der Waals surface area contributed by atoms with Crippen LogP contribution in [0.4, 0.5) is 0 Å². The molecular weight excluding hydrogens is 424 g/mol. The fraction of sp³-hybridized carbons (Fsp3) is 0.667. The molecule has 3 heterocycles. The van der Waals surface area contributed by atoms with E-state index in [4.69, 9.17) is 4.74 Å². The maximum Gasteiger partial charge on any atom is 0.321 e. The molecule has 1 aromatic rings. The molecule has 2 saturated heterocycles. The second kappa shape index (κ2) is 10.1. The number of pyridine rings is 1. The van der Waals surface area contributed by atoms with Crippen molar-refractivity contribution in [1.29, 1.82) is 0 Å². The van der Waals surface area contributed by atoms with Crippen LogP contribution in [0.1, 0.15) is 51.1 Å². The van der Waals surface area contributed by atoms with Gasteiger partial charge in [0.05, 0.1) is 12.3 Å². The normalized spacial score (nSPS) is 23.0. The van der Waals surface area contributed by atoms with Gasteiger partial charge < -0.3 is 19.6 Å². The molecule has 4 rings (SSSR count). The number of likely N-dealkylation sites (tertiary alicyclic amines) is 1. The van der Waals surface area contributed by atoms with E-state index in [1.54, 1.807) is 30.2 Å². The van der Waals surface area contributed by atoms with Gasteiger partial charge in [0.1, 0.15) is 17.2 Å². The standard InChI is InChI=1S/C24H34N4O5/c1-2-33-23(32)24(9-3-4-10-24)22(31)28-12-6-7-19(28)21(30)27-15-13-26(14-16-27)17-18-20(29)8-5-11-25-18/h5,8,11,19,29H,2-4,6-7,9-10,12-17H2,1H3. The first kappa shape index (κ1) is 23.5. The fourth-order valence-electron chi connectivity index (χ4n) is 5.39. The third-order valence-corrected chi connectivity index (χ3v) is 7.25. The number of piperazine rings is 1. The number of esters is 1. The molecule has 1 aliphatic carbocycles. The predicted molar refractivity (Wildman–Crippen MR) is 120 cm³/mol. The highest BCUT2D eigenvalue weighted by atomic mass is 16.5. The average Bonchev–Trinajstić information content (AvgIpc) is 3.51. The number of ether oxygens (including phenoxy) is 1. The van der Waals surface area contributed by atoms with Crippen LogP contribution in [0.25, 0.3) is 0 Å². The van der Waals surface area contributed by atoms with E-state index in [1.165, 1.54) is 0 Å². The number of hydrogen-bond acceptors (Lipinski definition) is 7. The van der Waals surface area contributed by atoms with Gasteiger partial charge in [0, 0.05) is 45.5 Å². The van der Waals surface area contributed by atoms with Gasteiger partial charge in [0.2, 0.25) is 11.8 Å². The highest BCUT2D eigenvalue weighted by Gasteiger charge is 2.53. The van der Waals surface area contributed by atoms with Gasteiger partial charge in [-0.15, -0.1) is 0 Å². The van der Waals surface area contributed by atoms with Crippen LogP contribution in [0, 0.1) is 5.41 Å². The van der Waals surface area contributed by atoms with Crippen LogP contribution in [0.15, 0.2) is 18.3 Å². The van der Waals surface area contributed by atoms with E-state index in [0.717, 1.165) is 19.3 Å². The van der Waals surface area contributed by atoms with Crippen molar-refractivity contribution in [3.8, 4) is 5.75 Å². The van der Waals surface area contributed by atoms with Gasteiger partial charge in [-0.05, 0) is 44.7 Å². The van der Waals surface area contributed by atoms with Gasteiger partial charge in [-0.2, -0.15) is 0 Å². The summed E-state index contributed by atoms with van der Waals surface area (Å²) in [5, 5.41) is 9.97. The molecule has 9 nitrogen and oxygen atoms in total. The molecule has 0 radical (unpaired) electrons. The van der Waals surface area contributed by atoms with E-state index >= 15 is 0 Å². The van der Waals surface area contributed by atoms with Crippen LogP contribution in [0.2, 0.25) is 0 Å². The van der Waals surface area contributed by atoms with Crippen molar-refractivity contribution in [3.05, 3.63) is 24.0 Å². The van der Waals surface area contributed by atoms with Crippen molar-refractivity contribution >= 4 is 17.8 Å². The number of aromatic nitrogens is 1. The number of carbonyl (C=O) groups excluding carboxylic acids is 3. The Labute approximate surface area is 194 Å². The molecular formula is C24H34N4O5. The molecule has 2 aliphatic heterocycles. The second-order valence-corrected chi connectivity index (χ2v) is 9.24. The summed E-state index contributed by atoms with van der Waals surface area (Å²) >= 11 is 0. The van der Waals surface area contributed by atoms with Crippen LogP contribution in [-0.4, -0.2) is 87.9 Å². The average molecular weight is 459 g/mol. The first-order valence-corrected chi connectivity index (χ1v) is 12.1. The summed E-state index contributed by atoms with van der Waals surface area (Å²) in [7, 11) is 0. The minimum atomic E-state index is -1.12. The Morgan fingerprint density at radius 3 is 2.52 bits per heavy atom. The summed E-state index contributed by atoms with van der Waals surface area (Å²) < 4.78 is 5.28. The Kier molecular flexibility index (Phi) is 7.17. The van der Waals surface area contributed by atoms with Crippen molar-refractivity contribution in [3.63, 3.8) is 0 Å². The third kappa shape index (κ3) is 4.69. The zero-order valence-corrected chi connectivity index (χ0v) is 19.4. The molecule has 1 atom stereocenters. The molecule has 1 unspecified atom stereocenters. The van der Waals surface area contributed by atoms with Crippen molar-refractivity contribution in [2.24, 2.45) is 5.41 Å². The number of nitrogens with zero attached hydrogens (tertiary/aromatic N) is 4. The monoisotopic (exact) mass is 458 g/mol. The lowest BCUT2D eigenvalue weighted by molar-refractivity contribution is -0.167. The van der Waals surface area contributed by atoms with Crippen LogP contribution < -0.4 is 0 Å². The minimum absolute atomic E-state index is 0.0295. The van der Waals surface area contributed by atoms with E-state index < -0.39 is 17.4 Å². The predicted octanol–water partition coefficient (Wildman–Crippen LogP) is 1.55. The zero-order valence-electron chi connectivity index (χ0n) is 19.4. The van der Waals surface area contributed by atoms with Gasteiger partial charge in [-0.1, -0.05) is 12.8 Å². The molecule has 0 aromatic carbocycles. The molecule has 1 N–H and O–H groups in total. The topological polar surface area (TPSA) is 103 Å². The SMILES string of the molecule is CCOC(=O)C1(C(=O)N2CCCC2C(=O)N2CCN(Cc3ncccc3O)CC2)CCCC1. The number of amides is 2. The van der Waals surface area contributed by atoms with Gasteiger partial charge in [0.15, 0.2) is 0 Å². The van der Waals surface area contributed by atoms with Crippen molar-refractivity contribution < 1.29 is 24.2 Å². The summed E-state index contributed by atoms with van der Waals surface area (Å²) in [6.07, 6.45) is 5.71. The smallest absolute Gasteiger partial charge is 0.321 e. The minimum Gasteiger partial charge on any atom is -0.506 e. The summed E-state index contributed by atoms with van der Waals surface area (Å²) in [6.45, 7) is 5.52. The van der Waals surface area contributed by atoms with Crippen molar-refractivity contribution in [2.45, 2.75) is 58.0 Å². The first-order valence-electron chi connectivity index (χ1n) is 12.1. The van der Waals surface area contributed by atoms with E-state index in [1.807, 2.05) is 4.90 Å². The maximum absolute atomic E-state index is 13.6. The first-order chi connectivity index (χ1) is 16.0. The highest BCUT2D eigenvalue weighted by Crippen LogP contribution is 2.42. The van der Waals surface area contributed by atoms with Crippen molar-refractivity contribution in [1.82, 2.24) is 19.7 Å². The molecule has 1 aromatic heterocycles. The quantitative estimate of drug-likeness (QED) is 0.510. The number of hydrogen-bond donors (Lipinski definition) is 1. The third-order valence-electron chi connectivity index (χ3n) is 7.25. The Morgan fingerprint density at radius 2 is 1.85 bits per heavy atom. The summed E-state index contributed by atoms with van der Waals surface area (Å²) in [5.41, 5.74) is -0.493.